The molecule has 3 nitrogen and oxygen atoms in total. The highest BCUT2D eigenvalue weighted by atomic mass is 16.6. The van der Waals surface area contributed by atoms with Crippen molar-refractivity contribution in [2.75, 3.05) is 6.54 Å². The SMILES string of the molecule is CC(C)(C)OC(=O)C1=CCCCCN1. The van der Waals surface area contributed by atoms with Crippen molar-refractivity contribution >= 4 is 5.97 Å². The Balaban J connectivity index is 2.54. The summed E-state index contributed by atoms with van der Waals surface area (Å²) in [5.74, 6) is -0.237. The van der Waals surface area contributed by atoms with E-state index in [1.807, 2.05) is 26.8 Å². The molecule has 1 heterocycles. The molecule has 0 aromatic heterocycles. The monoisotopic (exact) mass is 197 g/mol. The highest BCUT2D eigenvalue weighted by Crippen LogP contribution is 2.12. The molecule has 0 atom stereocenters. The molecule has 80 valence electrons. The second kappa shape index (κ2) is 4.49. The van der Waals surface area contributed by atoms with Crippen LogP contribution in [0.15, 0.2) is 11.8 Å². The molecule has 1 rings (SSSR count). The summed E-state index contributed by atoms with van der Waals surface area (Å²) in [6.07, 6.45) is 5.14. The van der Waals surface area contributed by atoms with Crippen molar-refractivity contribution < 1.29 is 9.53 Å². The fourth-order valence-corrected chi connectivity index (χ4v) is 1.30. The van der Waals surface area contributed by atoms with Crippen LogP contribution in [0.5, 0.6) is 0 Å². The van der Waals surface area contributed by atoms with Crippen LogP contribution in [0.2, 0.25) is 0 Å². The van der Waals surface area contributed by atoms with Crippen LogP contribution in [0.3, 0.4) is 0 Å². The van der Waals surface area contributed by atoms with Gasteiger partial charge in [-0.2, -0.15) is 0 Å². The van der Waals surface area contributed by atoms with E-state index in [4.69, 9.17) is 4.74 Å². The molecule has 0 radical (unpaired) electrons. The van der Waals surface area contributed by atoms with Crippen molar-refractivity contribution in [3.63, 3.8) is 0 Å². The van der Waals surface area contributed by atoms with Crippen molar-refractivity contribution in [3.05, 3.63) is 11.8 Å². The van der Waals surface area contributed by atoms with Crippen LogP contribution in [-0.4, -0.2) is 18.1 Å². The molecule has 0 aromatic rings. The molecule has 14 heavy (non-hydrogen) atoms. The van der Waals surface area contributed by atoms with E-state index in [0.717, 1.165) is 25.8 Å². The molecule has 1 aliphatic heterocycles. The van der Waals surface area contributed by atoms with Crippen LogP contribution in [0.1, 0.15) is 40.0 Å². The Labute approximate surface area is 85.5 Å². The molecular weight excluding hydrogens is 178 g/mol. The first-order valence-corrected chi connectivity index (χ1v) is 5.16. The molecule has 1 N–H and O–H groups in total. The van der Waals surface area contributed by atoms with Crippen LogP contribution < -0.4 is 5.32 Å². The normalized spacial score (nSPS) is 17.8. The molecule has 0 fully saturated rings. The van der Waals surface area contributed by atoms with Crippen molar-refractivity contribution in [2.45, 2.75) is 45.6 Å². The van der Waals surface area contributed by atoms with Gasteiger partial charge in [-0.05, 0) is 40.0 Å². The van der Waals surface area contributed by atoms with E-state index in [1.165, 1.54) is 0 Å². The van der Waals surface area contributed by atoms with Crippen LogP contribution in [-0.2, 0) is 9.53 Å². The number of allylic oxidation sites excluding steroid dienone is 1. The standard InChI is InChI=1S/C11H19NO2/c1-11(2,3)14-10(13)9-7-5-4-6-8-12-9/h7,12H,4-6,8H2,1-3H3. The van der Waals surface area contributed by atoms with Crippen LogP contribution in [0.4, 0.5) is 0 Å². The Bertz CT molecular complexity index is 238. The second-order valence-electron chi connectivity index (χ2n) is 4.54. The van der Waals surface area contributed by atoms with Gasteiger partial charge in [0.15, 0.2) is 0 Å². The van der Waals surface area contributed by atoms with E-state index < -0.39 is 5.60 Å². The summed E-state index contributed by atoms with van der Waals surface area (Å²) in [5.41, 5.74) is 0.212. The summed E-state index contributed by atoms with van der Waals surface area (Å²) in [7, 11) is 0. The lowest BCUT2D eigenvalue weighted by atomic mass is 10.2. The van der Waals surface area contributed by atoms with E-state index in [9.17, 15) is 4.79 Å². The van der Waals surface area contributed by atoms with Gasteiger partial charge in [0.05, 0.1) is 0 Å². The van der Waals surface area contributed by atoms with Gasteiger partial charge in [0.1, 0.15) is 11.3 Å². The predicted molar refractivity (Wildman–Crippen MR) is 55.8 cm³/mol. The predicted octanol–water partition coefficient (Wildman–Crippen LogP) is 1.99. The van der Waals surface area contributed by atoms with E-state index in [-0.39, 0.29) is 5.97 Å². The van der Waals surface area contributed by atoms with Crippen molar-refractivity contribution in [3.8, 4) is 0 Å². The summed E-state index contributed by atoms with van der Waals surface area (Å²) < 4.78 is 5.26. The lowest BCUT2D eigenvalue weighted by molar-refractivity contribution is -0.150. The number of carbonyl (C=O) groups excluding carboxylic acids is 1. The average molecular weight is 197 g/mol. The maximum absolute atomic E-state index is 11.6. The molecule has 3 heteroatoms. The summed E-state index contributed by atoms with van der Waals surface area (Å²) in [5, 5.41) is 3.09. The molecule has 0 bridgehead atoms. The zero-order chi connectivity index (χ0) is 10.6. The smallest absolute Gasteiger partial charge is 0.354 e. The molecule has 0 unspecified atom stereocenters. The largest absolute Gasteiger partial charge is 0.455 e. The van der Waals surface area contributed by atoms with Gasteiger partial charge in [-0.1, -0.05) is 6.08 Å². The van der Waals surface area contributed by atoms with Crippen molar-refractivity contribution in [1.29, 1.82) is 0 Å². The number of ether oxygens (including phenoxy) is 1. The van der Waals surface area contributed by atoms with Crippen LogP contribution in [0.25, 0.3) is 0 Å². The molecule has 0 aromatic carbocycles. The molecule has 0 saturated carbocycles. The first kappa shape index (κ1) is 11.1. The lowest BCUT2D eigenvalue weighted by Crippen LogP contribution is -2.29. The molecule has 0 amide bonds. The number of rotatable bonds is 1. The number of hydrogen-bond donors (Lipinski definition) is 1. The summed E-state index contributed by atoms with van der Waals surface area (Å²) in [6.45, 7) is 6.50. The second-order valence-corrected chi connectivity index (χ2v) is 4.54. The van der Waals surface area contributed by atoms with Gasteiger partial charge >= 0.3 is 5.97 Å². The highest BCUT2D eigenvalue weighted by molar-refractivity contribution is 5.88. The molecule has 0 aliphatic carbocycles. The van der Waals surface area contributed by atoms with Crippen molar-refractivity contribution in [1.82, 2.24) is 5.32 Å². The Morgan fingerprint density at radius 2 is 2.14 bits per heavy atom. The van der Waals surface area contributed by atoms with Crippen molar-refractivity contribution in [2.24, 2.45) is 0 Å². The van der Waals surface area contributed by atoms with Gasteiger partial charge in [-0.25, -0.2) is 4.79 Å². The molecule has 0 spiro atoms. The third-order valence-corrected chi connectivity index (χ3v) is 1.91. The average Bonchev–Trinajstić information content (AvgIpc) is 2.27. The minimum atomic E-state index is -0.411. The molecule has 0 saturated heterocycles. The summed E-state index contributed by atoms with van der Waals surface area (Å²) in [4.78, 5) is 11.6. The topological polar surface area (TPSA) is 38.3 Å². The zero-order valence-corrected chi connectivity index (χ0v) is 9.22. The Morgan fingerprint density at radius 3 is 2.79 bits per heavy atom. The van der Waals surface area contributed by atoms with Gasteiger partial charge < -0.3 is 10.1 Å². The van der Waals surface area contributed by atoms with Gasteiger partial charge in [0.25, 0.3) is 0 Å². The van der Waals surface area contributed by atoms with Crippen LogP contribution in [0, 0.1) is 0 Å². The van der Waals surface area contributed by atoms with E-state index in [1.54, 1.807) is 0 Å². The van der Waals surface area contributed by atoms with Gasteiger partial charge in [-0.3, -0.25) is 0 Å². The molecule has 1 aliphatic rings. The lowest BCUT2D eigenvalue weighted by Gasteiger charge is -2.20. The maximum atomic E-state index is 11.6. The Morgan fingerprint density at radius 1 is 1.43 bits per heavy atom. The third-order valence-electron chi connectivity index (χ3n) is 1.91. The number of carbonyl (C=O) groups is 1. The van der Waals surface area contributed by atoms with Crippen LogP contribution >= 0.6 is 0 Å². The fourth-order valence-electron chi connectivity index (χ4n) is 1.30. The summed E-state index contributed by atoms with van der Waals surface area (Å²) in [6, 6.07) is 0. The minimum absolute atomic E-state index is 0.237. The van der Waals surface area contributed by atoms with Gasteiger partial charge in [-0.15, -0.1) is 0 Å². The highest BCUT2D eigenvalue weighted by Gasteiger charge is 2.19. The minimum Gasteiger partial charge on any atom is -0.455 e. The Hall–Kier alpha value is -0.990. The number of nitrogens with one attached hydrogen (secondary N) is 1. The summed E-state index contributed by atoms with van der Waals surface area (Å²) >= 11 is 0. The zero-order valence-electron chi connectivity index (χ0n) is 9.22. The fraction of sp³-hybridized carbons (Fsp3) is 0.727. The van der Waals surface area contributed by atoms with Gasteiger partial charge in [0.2, 0.25) is 0 Å². The number of hydrogen-bond acceptors (Lipinski definition) is 3. The Kier molecular flexibility index (Phi) is 3.55. The quantitative estimate of drug-likeness (QED) is 0.653. The first-order valence-electron chi connectivity index (χ1n) is 5.16. The molecular formula is C11H19NO2. The third kappa shape index (κ3) is 3.81. The van der Waals surface area contributed by atoms with E-state index >= 15 is 0 Å². The van der Waals surface area contributed by atoms with E-state index in [0.29, 0.717) is 5.70 Å². The first-order chi connectivity index (χ1) is 6.49. The maximum Gasteiger partial charge on any atom is 0.354 e. The van der Waals surface area contributed by atoms with Gasteiger partial charge in [0, 0.05) is 6.54 Å². The number of esters is 1. The van der Waals surface area contributed by atoms with E-state index in [2.05, 4.69) is 5.32 Å².